The molecule has 3 rings (SSSR count). The summed E-state index contributed by atoms with van der Waals surface area (Å²) in [6, 6.07) is 0.371. The Balaban J connectivity index is 1.70. The SMILES string of the molecule is CCc1n[nH]c(CN2CCC[C@@H]2[C@@H]2COCC[C@]2(C)O)n1. The largest absolute Gasteiger partial charge is 0.390 e. The molecule has 0 aliphatic carbocycles. The van der Waals surface area contributed by atoms with Crippen LogP contribution in [0.2, 0.25) is 0 Å². The molecule has 0 aromatic carbocycles. The van der Waals surface area contributed by atoms with Gasteiger partial charge >= 0.3 is 0 Å². The smallest absolute Gasteiger partial charge is 0.150 e. The number of nitrogens with zero attached hydrogens (tertiary/aromatic N) is 3. The van der Waals surface area contributed by atoms with Crippen LogP contribution >= 0.6 is 0 Å². The number of nitrogens with one attached hydrogen (secondary N) is 1. The second-order valence-electron chi connectivity index (χ2n) is 6.52. The highest BCUT2D eigenvalue weighted by atomic mass is 16.5. The lowest BCUT2D eigenvalue weighted by molar-refractivity contribution is -0.123. The molecule has 3 heterocycles. The van der Waals surface area contributed by atoms with Crippen molar-refractivity contribution in [3.8, 4) is 0 Å². The number of H-pyrrole nitrogens is 1. The number of ether oxygens (including phenoxy) is 1. The summed E-state index contributed by atoms with van der Waals surface area (Å²) in [5.74, 6) is 1.98. The average molecular weight is 294 g/mol. The van der Waals surface area contributed by atoms with Crippen LogP contribution in [-0.4, -0.2) is 56.6 Å². The summed E-state index contributed by atoms with van der Waals surface area (Å²) < 4.78 is 5.63. The normalized spacial score (nSPS) is 34.4. The minimum absolute atomic E-state index is 0.183. The van der Waals surface area contributed by atoms with Gasteiger partial charge in [0.1, 0.15) is 11.6 Å². The van der Waals surface area contributed by atoms with E-state index in [1.165, 1.54) is 6.42 Å². The van der Waals surface area contributed by atoms with Crippen molar-refractivity contribution in [2.45, 2.75) is 57.7 Å². The molecule has 2 aliphatic rings. The van der Waals surface area contributed by atoms with Crippen LogP contribution in [0.5, 0.6) is 0 Å². The summed E-state index contributed by atoms with van der Waals surface area (Å²) in [6.07, 6.45) is 3.88. The molecule has 0 amide bonds. The average Bonchev–Trinajstić information content (AvgIpc) is 3.08. The fourth-order valence-electron chi connectivity index (χ4n) is 3.64. The number of hydrogen-bond donors (Lipinski definition) is 2. The molecule has 2 N–H and O–H groups in total. The number of hydrogen-bond acceptors (Lipinski definition) is 5. The molecule has 118 valence electrons. The Morgan fingerprint density at radius 2 is 2.38 bits per heavy atom. The van der Waals surface area contributed by atoms with E-state index in [9.17, 15) is 5.11 Å². The van der Waals surface area contributed by atoms with Gasteiger partial charge in [-0.15, -0.1) is 0 Å². The van der Waals surface area contributed by atoms with Crippen molar-refractivity contribution in [3.63, 3.8) is 0 Å². The second-order valence-corrected chi connectivity index (χ2v) is 6.52. The van der Waals surface area contributed by atoms with Gasteiger partial charge in [-0.25, -0.2) is 4.98 Å². The van der Waals surface area contributed by atoms with Crippen molar-refractivity contribution in [3.05, 3.63) is 11.6 Å². The van der Waals surface area contributed by atoms with Crippen LogP contribution in [-0.2, 0) is 17.7 Å². The van der Waals surface area contributed by atoms with Crippen LogP contribution in [0, 0.1) is 5.92 Å². The fourth-order valence-corrected chi connectivity index (χ4v) is 3.64. The van der Waals surface area contributed by atoms with E-state index in [4.69, 9.17) is 4.74 Å². The Hall–Kier alpha value is -0.980. The summed E-state index contributed by atoms with van der Waals surface area (Å²) in [6.45, 7) is 7.18. The standard InChI is InChI=1S/C15H26N4O2/c1-3-13-16-14(18-17-13)9-19-7-4-5-12(19)11-10-21-8-6-15(11,2)20/h11-12,20H,3-10H2,1-2H3,(H,16,17,18)/t11-,12+,15-/m0/s1. The molecule has 0 bridgehead atoms. The molecule has 2 saturated heterocycles. The first-order valence-corrected chi connectivity index (χ1v) is 8.04. The summed E-state index contributed by atoms with van der Waals surface area (Å²) in [7, 11) is 0. The molecule has 1 aromatic rings. The van der Waals surface area contributed by atoms with Gasteiger partial charge in [-0.05, 0) is 32.7 Å². The predicted molar refractivity (Wildman–Crippen MR) is 78.7 cm³/mol. The monoisotopic (exact) mass is 294 g/mol. The molecule has 2 aliphatic heterocycles. The van der Waals surface area contributed by atoms with Crippen molar-refractivity contribution in [2.24, 2.45) is 5.92 Å². The zero-order chi connectivity index (χ0) is 14.9. The van der Waals surface area contributed by atoms with Crippen LogP contribution in [0.15, 0.2) is 0 Å². The first-order chi connectivity index (χ1) is 10.1. The predicted octanol–water partition coefficient (Wildman–Crippen LogP) is 1.12. The van der Waals surface area contributed by atoms with Crippen molar-refractivity contribution in [1.82, 2.24) is 20.1 Å². The van der Waals surface area contributed by atoms with E-state index < -0.39 is 5.60 Å². The third-order valence-electron chi connectivity index (χ3n) is 4.97. The highest BCUT2D eigenvalue weighted by Gasteiger charge is 2.44. The zero-order valence-corrected chi connectivity index (χ0v) is 13.0. The highest BCUT2D eigenvalue weighted by molar-refractivity contribution is 4.98. The van der Waals surface area contributed by atoms with E-state index in [-0.39, 0.29) is 5.92 Å². The van der Waals surface area contributed by atoms with Gasteiger partial charge in [-0.3, -0.25) is 10.00 Å². The van der Waals surface area contributed by atoms with Gasteiger partial charge in [0.2, 0.25) is 0 Å². The van der Waals surface area contributed by atoms with Gasteiger partial charge in [0.05, 0.1) is 18.8 Å². The van der Waals surface area contributed by atoms with Gasteiger partial charge in [0, 0.05) is 25.0 Å². The molecule has 0 radical (unpaired) electrons. The second kappa shape index (κ2) is 6.02. The Kier molecular flexibility index (Phi) is 4.28. The Morgan fingerprint density at radius 3 is 3.10 bits per heavy atom. The number of aryl methyl sites for hydroxylation is 1. The van der Waals surface area contributed by atoms with E-state index in [2.05, 4.69) is 27.0 Å². The fraction of sp³-hybridized carbons (Fsp3) is 0.867. The third kappa shape index (κ3) is 3.12. The molecular weight excluding hydrogens is 268 g/mol. The van der Waals surface area contributed by atoms with Gasteiger partial charge < -0.3 is 9.84 Å². The molecule has 0 unspecified atom stereocenters. The number of likely N-dealkylation sites (tertiary alicyclic amines) is 1. The molecule has 2 fully saturated rings. The van der Waals surface area contributed by atoms with Crippen LogP contribution in [0.3, 0.4) is 0 Å². The number of rotatable bonds is 4. The molecule has 21 heavy (non-hydrogen) atoms. The first-order valence-electron chi connectivity index (χ1n) is 8.04. The van der Waals surface area contributed by atoms with E-state index in [0.717, 1.165) is 44.0 Å². The number of aliphatic hydroxyl groups is 1. The summed E-state index contributed by atoms with van der Waals surface area (Å²) in [5.41, 5.74) is -0.624. The Bertz CT molecular complexity index is 474. The molecule has 0 saturated carbocycles. The van der Waals surface area contributed by atoms with Gasteiger partial charge in [-0.2, -0.15) is 5.10 Å². The van der Waals surface area contributed by atoms with Gasteiger partial charge in [0.25, 0.3) is 0 Å². The van der Waals surface area contributed by atoms with Gasteiger partial charge in [-0.1, -0.05) is 6.92 Å². The van der Waals surface area contributed by atoms with Crippen molar-refractivity contribution in [1.29, 1.82) is 0 Å². The van der Waals surface area contributed by atoms with Gasteiger partial charge in [0.15, 0.2) is 0 Å². The quantitative estimate of drug-likeness (QED) is 0.870. The maximum atomic E-state index is 10.7. The summed E-state index contributed by atoms with van der Waals surface area (Å²) in [4.78, 5) is 6.93. The molecule has 3 atom stereocenters. The summed E-state index contributed by atoms with van der Waals surface area (Å²) in [5, 5.41) is 17.9. The van der Waals surface area contributed by atoms with E-state index in [1.54, 1.807) is 0 Å². The van der Waals surface area contributed by atoms with E-state index >= 15 is 0 Å². The van der Waals surface area contributed by atoms with Crippen molar-refractivity contribution >= 4 is 0 Å². The van der Waals surface area contributed by atoms with E-state index in [1.807, 2.05) is 6.92 Å². The van der Waals surface area contributed by atoms with Crippen LogP contribution in [0.4, 0.5) is 0 Å². The number of aromatic nitrogens is 3. The van der Waals surface area contributed by atoms with E-state index in [0.29, 0.717) is 19.3 Å². The highest BCUT2D eigenvalue weighted by Crippen LogP contribution is 2.36. The number of aromatic amines is 1. The lowest BCUT2D eigenvalue weighted by Crippen LogP contribution is -2.52. The third-order valence-corrected chi connectivity index (χ3v) is 4.97. The zero-order valence-electron chi connectivity index (χ0n) is 13.0. The lowest BCUT2D eigenvalue weighted by Gasteiger charge is -2.43. The summed E-state index contributed by atoms with van der Waals surface area (Å²) >= 11 is 0. The minimum atomic E-state index is -0.624. The first kappa shape index (κ1) is 14.9. The Morgan fingerprint density at radius 1 is 1.52 bits per heavy atom. The maximum absolute atomic E-state index is 10.7. The van der Waals surface area contributed by atoms with Crippen molar-refractivity contribution < 1.29 is 9.84 Å². The van der Waals surface area contributed by atoms with Crippen molar-refractivity contribution in [2.75, 3.05) is 19.8 Å². The topological polar surface area (TPSA) is 74.3 Å². The molecule has 0 spiro atoms. The molecule has 6 heteroatoms. The van der Waals surface area contributed by atoms with Crippen LogP contribution in [0.1, 0.15) is 44.8 Å². The lowest BCUT2D eigenvalue weighted by atomic mass is 9.79. The maximum Gasteiger partial charge on any atom is 0.150 e. The molecular formula is C15H26N4O2. The molecule has 1 aromatic heterocycles. The Labute approximate surface area is 125 Å². The molecule has 6 nitrogen and oxygen atoms in total. The van der Waals surface area contributed by atoms with Crippen LogP contribution < -0.4 is 0 Å². The van der Waals surface area contributed by atoms with Crippen LogP contribution in [0.25, 0.3) is 0 Å². The minimum Gasteiger partial charge on any atom is -0.390 e.